The molecule has 270 valence electrons. The van der Waals surface area contributed by atoms with Gasteiger partial charge in [-0.2, -0.15) is 0 Å². The Hall–Kier alpha value is -5.57. The van der Waals surface area contributed by atoms with E-state index in [-0.39, 0.29) is 48.7 Å². The van der Waals surface area contributed by atoms with Crippen molar-refractivity contribution in [3.05, 3.63) is 89.1 Å². The Morgan fingerprint density at radius 1 is 1.16 bits per heavy atom. The molecule has 0 spiro atoms. The monoisotopic (exact) mass is 708 g/mol. The van der Waals surface area contributed by atoms with Crippen LogP contribution in [0.1, 0.15) is 52.6 Å². The van der Waals surface area contributed by atoms with Crippen molar-refractivity contribution in [2.45, 2.75) is 52.1 Å². The van der Waals surface area contributed by atoms with E-state index in [2.05, 4.69) is 20.6 Å². The number of hydrogen-bond acceptors (Lipinski definition) is 8. The van der Waals surface area contributed by atoms with Crippen molar-refractivity contribution in [3.63, 3.8) is 0 Å². The van der Waals surface area contributed by atoms with Crippen LogP contribution in [-0.2, 0) is 20.7 Å². The maximum absolute atomic E-state index is 15.5. The lowest BCUT2D eigenvalue weighted by atomic mass is 9.99. The Balaban J connectivity index is 0.00000286. The summed E-state index contributed by atoms with van der Waals surface area (Å²) >= 11 is 0. The average Bonchev–Trinajstić information content (AvgIpc) is 3.12. The van der Waals surface area contributed by atoms with Crippen molar-refractivity contribution in [1.29, 1.82) is 0 Å². The molecule has 0 unspecified atom stereocenters. The number of morpholine rings is 1. The zero-order valence-electron chi connectivity index (χ0n) is 28.7. The third-order valence-electron chi connectivity index (χ3n) is 8.26. The first-order chi connectivity index (χ1) is 24.3. The van der Waals surface area contributed by atoms with Crippen LogP contribution in [0.3, 0.4) is 0 Å². The Morgan fingerprint density at radius 3 is 2.57 bits per heavy atom. The van der Waals surface area contributed by atoms with E-state index in [0.29, 0.717) is 28.6 Å². The van der Waals surface area contributed by atoms with Crippen molar-refractivity contribution in [2.75, 3.05) is 41.9 Å². The predicted molar refractivity (Wildman–Crippen MR) is 186 cm³/mol. The molecule has 5 rings (SSSR count). The van der Waals surface area contributed by atoms with Gasteiger partial charge in [0.05, 0.1) is 47.4 Å². The highest BCUT2D eigenvalue weighted by Gasteiger charge is 2.41. The van der Waals surface area contributed by atoms with Gasteiger partial charge >= 0.3 is 5.97 Å². The van der Waals surface area contributed by atoms with Crippen molar-refractivity contribution in [1.82, 2.24) is 15.3 Å². The summed E-state index contributed by atoms with van der Waals surface area (Å²) in [7, 11) is 1.48. The maximum Gasteiger partial charge on any atom is 0.326 e. The maximum atomic E-state index is 15.5. The van der Waals surface area contributed by atoms with Gasteiger partial charge in [0, 0.05) is 50.4 Å². The summed E-state index contributed by atoms with van der Waals surface area (Å²) < 4.78 is 49.2. The molecule has 2 aromatic heterocycles. The van der Waals surface area contributed by atoms with E-state index < -0.39 is 47.2 Å². The number of halogens is 3. The molecule has 0 saturated carbocycles. The molecule has 0 bridgehead atoms. The quantitative estimate of drug-likeness (QED) is 0.178. The second-order valence-corrected chi connectivity index (χ2v) is 11.7. The fourth-order valence-electron chi connectivity index (χ4n) is 5.78. The average molecular weight is 709 g/mol. The number of ether oxygens (including phenoxy) is 1. The molecule has 51 heavy (non-hydrogen) atoms. The van der Waals surface area contributed by atoms with Gasteiger partial charge < -0.3 is 30.3 Å². The summed E-state index contributed by atoms with van der Waals surface area (Å²) in [4.78, 5) is 61.1. The highest BCUT2D eigenvalue weighted by Crippen LogP contribution is 2.32. The molecule has 3 heterocycles. The molecular formula is C36H39F3N6O6. The summed E-state index contributed by atoms with van der Waals surface area (Å²) in [5, 5.41) is 15.7. The lowest BCUT2D eigenvalue weighted by molar-refractivity contribution is -0.139. The molecule has 1 aliphatic heterocycles. The summed E-state index contributed by atoms with van der Waals surface area (Å²) in [6.07, 6.45) is 4.59. The van der Waals surface area contributed by atoms with Crippen LogP contribution in [0.25, 0.3) is 10.9 Å². The Labute approximate surface area is 292 Å². The second kappa shape index (κ2) is 16.4. The van der Waals surface area contributed by atoms with Crippen LogP contribution in [0, 0.1) is 12.7 Å². The van der Waals surface area contributed by atoms with Gasteiger partial charge in [0.2, 0.25) is 6.41 Å². The number of carboxylic acid groups (broad SMARTS) is 1. The molecular weight excluding hydrogens is 669 g/mol. The number of pyridine rings is 2. The second-order valence-electron chi connectivity index (χ2n) is 11.7. The molecule has 2 aromatic carbocycles. The van der Waals surface area contributed by atoms with Crippen LogP contribution in [-0.4, -0.2) is 84.1 Å². The minimum atomic E-state index is -3.14. The number of amides is 3. The van der Waals surface area contributed by atoms with Gasteiger partial charge in [-0.1, -0.05) is 26.0 Å². The smallest absolute Gasteiger partial charge is 0.326 e. The standard InChI is InChI=1S/C34H33F3N6O6.C2H6/c1-19-13-21(43-11-12-49-17-28(43)34(2,36)37)15-24(35)29(19)32(46)41-26(33(47)48)14-20-6-7-25(30-22(20)5-4-9-39-30)40-31(45)23-8-10-38-16-27(23)42(3)18-44;1-2/h4-10,13,15-16,18,26,28H,11-12,14,17H2,1-3H3,(H,40,45)(H,41,46)(H,47,48);1-2H3/t26-,28+;/m0./s1. The number of carbonyl (C=O) groups excluding carboxylic acids is 3. The summed E-state index contributed by atoms with van der Waals surface area (Å²) in [5.74, 6) is -7.06. The first kappa shape index (κ1) is 38.2. The van der Waals surface area contributed by atoms with Crippen molar-refractivity contribution in [3.8, 4) is 0 Å². The number of anilines is 3. The topological polar surface area (TPSA) is 154 Å². The Bertz CT molecular complexity index is 1900. The Kier molecular flexibility index (Phi) is 12.3. The van der Waals surface area contributed by atoms with Gasteiger partial charge in [-0.3, -0.25) is 24.4 Å². The molecule has 12 nitrogen and oxygen atoms in total. The first-order valence-electron chi connectivity index (χ1n) is 16.2. The third kappa shape index (κ3) is 8.60. The van der Waals surface area contributed by atoms with Crippen molar-refractivity contribution < 1.29 is 42.2 Å². The van der Waals surface area contributed by atoms with Gasteiger partial charge in [-0.05, 0) is 48.4 Å². The van der Waals surface area contributed by atoms with E-state index in [1.54, 1.807) is 18.2 Å². The van der Waals surface area contributed by atoms with Crippen LogP contribution in [0.4, 0.5) is 30.2 Å². The molecule has 3 amide bonds. The van der Waals surface area contributed by atoms with Crippen molar-refractivity contribution in [2.24, 2.45) is 0 Å². The van der Waals surface area contributed by atoms with Crippen LogP contribution < -0.4 is 20.4 Å². The molecule has 3 N–H and O–H groups in total. The van der Waals surface area contributed by atoms with Gasteiger partial charge in [0.25, 0.3) is 17.7 Å². The summed E-state index contributed by atoms with van der Waals surface area (Å²) in [5.41, 5.74) is 1.42. The van der Waals surface area contributed by atoms with Gasteiger partial charge in [0.15, 0.2) is 0 Å². The minimum Gasteiger partial charge on any atom is -0.480 e. The van der Waals surface area contributed by atoms with Crippen LogP contribution >= 0.6 is 0 Å². The number of alkyl halides is 2. The van der Waals surface area contributed by atoms with E-state index in [0.717, 1.165) is 13.0 Å². The van der Waals surface area contributed by atoms with E-state index >= 15 is 4.39 Å². The number of fused-ring (bicyclic) bond motifs is 1. The molecule has 2 atom stereocenters. The molecule has 1 fully saturated rings. The largest absolute Gasteiger partial charge is 0.480 e. The lowest BCUT2D eigenvalue weighted by Crippen LogP contribution is -2.54. The number of nitrogens with one attached hydrogen (secondary N) is 2. The first-order valence-corrected chi connectivity index (χ1v) is 16.2. The van der Waals surface area contributed by atoms with Gasteiger partial charge in [-0.15, -0.1) is 0 Å². The number of carboxylic acids is 1. The van der Waals surface area contributed by atoms with Crippen LogP contribution in [0.2, 0.25) is 0 Å². The number of carbonyl (C=O) groups is 4. The van der Waals surface area contributed by atoms with Gasteiger partial charge in [-0.25, -0.2) is 18.0 Å². The lowest BCUT2D eigenvalue weighted by Gasteiger charge is -2.40. The summed E-state index contributed by atoms with van der Waals surface area (Å²) in [6.45, 7) is 6.20. The summed E-state index contributed by atoms with van der Waals surface area (Å²) in [6, 6.07) is 7.43. The van der Waals surface area contributed by atoms with Crippen LogP contribution in [0.15, 0.2) is 61.1 Å². The minimum absolute atomic E-state index is 0.0905. The normalized spacial score (nSPS) is 14.9. The highest BCUT2D eigenvalue weighted by molar-refractivity contribution is 6.12. The number of rotatable bonds is 11. The molecule has 4 aromatic rings. The molecule has 1 aliphatic rings. The number of hydrogen-bond donors (Lipinski definition) is 3. The fourth-order valence-corrected chi connectivity index (χ4v) is 5.78. The van der Waals surface area contributed by atoms with Gasteiger partial charge in [0.1, 0.15) is 17.9 Å². The number of benzene rings is 2. The molecule has 0 aliphatic carbocycles. The van der Waals surface area contributed by atoms with E-state index in [4.69, 9.17) is 4.74 Å². The van der Waals surface area contributed by atoms with E-state index in [9.17, 15) is 33.1 Å². The van der Waals surface area contributed by atoms with E-state index in [1.165, 1.54) is 60.6 Å². The number of nitrogens with zero attached hydrogens (tertiary/aromatic N) is 4. The molecule has 15 heteroatoms. The molecule has 0 radical (unpaired) electrons. The third-order valence-corrected chi connectivity index (χ3v) is 8.26. The van der Waals surface area contributed by atoms with Crippen LogP contribution in [0.5, 0.6) is 0 Å². The van der Waals surface area contributed by atoms with Crippen molar-refractivity contribution >= 4 is 52.2 Å². The SMILES string of the molecule is CC.Cc1cc(N2CCOC[C@@H]2C(C)(F)F)cc(F)c1C(=O)N[C@@H](Cc1ccc(NC(=O)c2ccncc2N(C)C=O)c2ncccc12)C(=O)O. The Morgan fingerprint density at radius 2 is 1.90 bits per heavy atom. The number of aromatic nitrogens is 2. The zero-order chi connectivity index (χ0) is 37.5. The number of aryl methyl sites for hydroxylation is 1. The predicted octanol–water partition coefficient (Wildman–Crippen LogP) is 5.23. The fraction of sp³-hybridized carbons (Fsp3) is 0.333. The van der Waals surface area contributed by atoms with E-state index in [1.807, 2.05) is 13.8 Å². The highest BCUT2D eigenvalue weighted by atomic mass is 19.3. The number of aliphatic carboxylic acids is 1. The zero-order valence-corrected chi connectivity index (χ0v) is 28.7. The molecule has 1 saturated heterocycles.